The summed E-state index contributed by atoms with van der Waals surface area (Å²) in [5.74, 6) is 0. The van der Waals surface area contributed by atoms with Gasteiger partial charge < -0.3 is 0 Å². The molecule has 0 amide bonds. The van der Waals surface area contributed by atoms with Crippen molar-refractivity contribution in [2.24, 2.45) is 0 Å². The van der Waals surface area contributed by atoms with Crippen LogP contribution < -0.4 is 8.92 Å². The summed E-state index contributed by atoms with van der Waals surface area (Å²) < 4.78 is 5.63. The van der Waals surface area contributed by atoms with Crippen LogP contribution in [0.15, 0.2) is 115 Å². The molecule has 0 aromatic heterocycles. The third-order valence-electron chi connectivity index (χ3n) is 4.27. The van der Waals surface area contributed by atoms with Crippen molar-refractivity contribution >= 4 is 59.4 Å². The Kier molecular flexibility index (Phi) is 7.06. The van der Waals surface area contributed by atoms with Gasteiger partial charge in [0.2, 0.25) is 0 Å². The molecular formula is C26H19ClSe2. The van der Waals surface area contributed by atoms with Crippen LogP contribution in [0.2, 0.25) is 5.02 Å². The van der Waals surface area contributed by atoms with Gasteiger partial charge in [0.25, 0.3) is 0 Å². The Hall–Kier alpha value is -2.05. The molecule has 0 atom stereocenters. The minimum absolute atomic E-state index is 0.191. The molecule has 0 radical (unpaired) electrons. The zero-order valence-electron chi connectivity index (χ0n) is 15.7. The summed E-state index contributed by atoms with van der Waals surface area (Å²) >= 11 is 6.59. The van der Waals surface area contributed by atoms with Gasteiger partial charge in [-0.2, -0.15) is 0 Å². The van der Waals surface area contributed by atoms with Crippen molar-refractivity contribution in [2.75, 3.05) is 0 Å². The molecule has 3 heteroatoms. The molecule has 0 heterocycles. The van der Waals surface area contributed by atoms with Crippen LogP contribution in [-0.2, 0) is 0 Å². The summed E-state index contributed by atoms with van der Waals surface area (Å²) in [6.07, 6.45) is 0. The van der Waals surface area contributed by atoms with Crippen molar-refractivity contribution < 1.29 is 0 Å². The van der Waals surface area contributed by atoms with Gasteiger partial charge in [0.05, 0.1) is 0 Å². The third-order valence-corrected chi connectivity index (χ3v) is 10.0. The van der Waals surface area contributed by atoms with E-state index < -0.39 is 0 Å². The van der Waals surface area contributed by atoms with Crippen LogP contribution in [0.25, 0.3) is 8.94 Å². The topological polar surface area (TPSA) is 0 Å². The van der Waals surface area contributed by atoms with Gasteiger partial charge in [-0.1, -0.05) is 0 Å². The van der Waals surface area contributed by atoms with Gasteiger partial charge in [0.1, 0.15) is 0 Å². The number of hydrogen-bond donors (Lipinski definition) is 0. The van der Waals surface area contributed by atoms with E-state index in [4.69, 9.17) is 11.6 Å². The first kappa shape index (κ1) is 20.2. The molecule has 0 N–H and O–H groups in total. The molecule has 0 saturated carbocycles. The van der Waals surface area contributed by atoms with Gasteiger partial charge in [0.15, 0.2) is 0 Å². The van der Waals surface area contributed by atoms with Crippen LogP contribution in [0.1, 0.15) is 11.1 Å². The van der Waals surface area contributed by atoms with Crippen molar-refractivity contribution in [3.63, 3.8) is 0 Å². The van der Waals surface area contributed by atoms with Crippen LogP contribution in [0.5, 0.6) is 0 Å². The molecule has 4 aromatic carbocycles. The fourth-order valence-corrected chi connectivity index (χ4v) is 8.08. The molecule has 0 unspecified atom stereocenters. The Labute approximate surface area is 190 Å². The SMILES string of the molecule is Clc1ccc(/C([Se]c2ccccc2)=C(\[Se]c2ccccc2)c2ccccc2)cc1. The normalized spacial score (nSPS) is 11.8. The molecule has 0 fully saturated rings. The van der Waals surface area contributed by atoms with Crippen molar-refractivity contribution in [2.45, 2.75) is 0 Å². The van der Waals surface area contributed by atoms with Gasteiger partial charge >= 0.3 is 191 Å². The Bertz CT molecular complexity index is 1070. The van der Waals surface area contributed by atoms with Gasteiger partial charge in [-0.15, -0.1) is 0 Å². The molecule has 0 saturated heterocycles. The van der Waals surface area contributed by atoms with Gasteiger partial charge in [-0.3, -0.25) is 0 Å². The average Bonchev–Trinajstić information content (AvgIpc) is 2.79. The van der Waals surface area contributed by atoms with Crippen molar-refractivity contribution in [1.82, 2.24) is 0 Å². The first-order valence-electron chi connectivity index (χ1n) is 9.31. The van der Waals surface area contributed by atoms with Crippen molar-refractivity contribution in [3.05, 3.63) is 131 Å². The summed E-state index contributed by atoms with van der Waals surface area (Å²) in [6.45, 7) is 0. The summed E-state index contributed by atoms with van der Waals surface area (Å²) in [5.41, 5.74) is 2.56. The molecule has 0 spiro atoms. The molecule has 4 rings (SSSR count). The molecule has 0 bridgehead atoms. The number of hydrogen-bond acceptors (Lipinski definition) is 0. The Morgan fingerprint density at radius 3 is 1.28 bits per heavy atom. The maximum atomic E-state index is 6.20. The van der Waals surface area contributed by atoms with Gasteiger partial charge in [-0.25, -0.2) is 0 Å². The zero-order chi connectivity index (χ0) is 19.9. The van der Waals surface area contributed by atoms with E-state index in [1.54, 1.807) is 0 Å². The minimum atomic E-state index is 0.191. The van der Waals surface area contributed by atoms with E-state index in [2.05, 4.69) is 103 Å². The Morgan fingerprint density at radius 2 is 0.828 bits per heavy atom. The van der Waals surface area contributed by atoms with Crippen LogP contribution >= 0.6 is 11.6 Å². The number of halogens is 1. The summed E-state index contributed by atoms with van der Waals surface area (Å²) in [5, 5.41) is 0.773. The summed E-state index contributed by atoms with van der Waals surface area (Å²) in [6, 6.07) is 40.7. The number of rotatable bonds is 6. The van der Waals surface area contributed by atoms with E-state index in [0.29, 0.717) is 0 Å². The predicted molar refractivity (Wildman–Crippen MR) is 128 cm³/mol. The quantitative estimate of drug-likeness (QED) is 0.240. The van der Waals surface area contributed by atoms with Crippen LogP contribution in [-0.4, -0.2) is 29.9 Å². The van der Waals surface area contributed by atoms with Crippen molar-refractivity contribution in [1.29, 1.82) is 0 Å². The van der Waals surface area contributed by atoms with E-state index in [-0.39, 0.29) is 29.9 Å². The van der Waals surface area contributed by atoms with E-state index in [1.165, 1.54) is 29.0 Å². The Morgan fingerprint density at radius 1 is 0.448 bits per heavy atom. The first-order chi connectivity index (χ1) is 14.3. The molecule has 4 aromatic rings. The fraction of sp³-hybridized carbons (Fsp3) is 0. The average molecular weight is 525 g/mol. The molecule has 0 nitrogen and oxygen atoms in total. The zero-order valence-corrected chi connectivity index (χ0v) is 19.8. The molecule has 0 aliphatic rings. The molecule has 0 aliphatic heterocycles. The molecule has 0 aliphatic carbocycles. The molecular weight excluding hydrogens is 506 g/mol. The maximum absolute atomic E-state index is 6.20. The third kappa shape index (κ3) is 5.51. The van der Waals surface area contributed by atoms with E-state index in [0.717, 1.165) is 5.02 Å². The van der Waals surface area contributed by atoms with Crippen molar-refractivity contribution in [3.8, 4) is 0 Å². The van der Waals surface area contributed by atoms with Crippen LogP contribution in [0.4, 0.5) is 0 Å². The molecule has 142 valence electrons. The van der Waals surface area contributed by atoms with Gasteiger partial charge in [-0.05, 0) is 0 Å². The standard InChI is InChI=1S/C26H19ClSe2/c27-22-18-16-21(17-19-22)26(29-24-14-8-3-9-15-24)25(20-10-4-1-5-11-20)28-23-12-6-2-7-13-23/h1-19H/b26-25+. The second-order valence-corrected chi connectivity index (χ2v) is 11.3. The Balaban J connectivity index is 1.89. The molecule has 29 heavy (non-hydrogen) atoms. The first-order valence-corrected chi connectivity index (χ1v) is 13.1. The van der Waals surface area contributed by atoms with Gasteiger partial charge in [0, 0.05) is 0 Å². The monoisotopic (exact) mass is 526 g/mol. The van der Waals surface area contributed by atoms with Crippen LogP contribution in [0, 0.1) is 0 Å². The fourth-order valence-electron chi connectivity index (χ4n) is 2.88. The number of benzene rings is 4. The summed E-state index contributed by atoms with van der Waals surface area (Å²) in [4.78, 5) is 0. The van der Waals surface area contributed by atoms with Crippen LogP contribution in [0.3, 0.4) is 0 Å². The summed E-state index contributed by atoms with van der Waals surface area (Å²) in [7, 11) is 0. The second kappa shape index (κ2) is 10.1. The second-order valence-electron chi connectivity index (χ2n) is 6.36. The van der Waals surface area contributed by atoms with E-state index >= 15 is 0 Å². The van der Waals surface area contributed by atoms with E-state index in [1.807, 2.05) is 12.1 Å². The predicted octanol–water partition coefficient (Wildman–Crippen LogP) is 5.23. The van der Waals surface area contributed by atoms with E-state index in [9.17, 15) is 0 Å².